The second-order valence-corrected chi connectivity index (χ2v) is 7.29. The van der Waals surface area contributed by atoms with Crippen molar-refractivity contribution in [2.45, 2.75) is 29.8 Å². The molecule has 10 nitrogen and oxygen atoms in total. The van der Waals surface area contributed by atoms with Gasteiger partial charge in [-0.1, -0.05) is 11.8 Å². The Morgan fingerprint density at radius 3 is 2.50 bits per heavy atom. The minimum absolute atomic E-state index is 0.0297. The van der Waals surface area contributed by atoms with E-state index < -0.39 is 18.3 Å². The zero-order chi connectivity index (χ0) is 22.1. The Kier molecular flexibility index (Phi) is 6.17. The maximum atomic E-state index is 12.2. The molecule has 1 aromatic rings. The summed E-state index contributed by atoms with van der Waals surface area (Å²) in [5.74, 6) is -2.06. The molecular weight excluding hydrogens is 433 g/mol. The normalized spacial score (nSPS) is 24.4. The van der Waals surface area contributed by atoms with Crippen molar-refractivity contribution in [1.29, 1.82) is 0 Å². The Labute approximate surface area is 171 Å². The number of halogens is 3. The first kappa shape index (κ1) is 21.8. The van der Waals surface area contributed by atoms with E-state index >= 15 is 0 Å². The number of thioether (sulfide) groups is 1. The highest BCUT2D eigenvalue weighted by Crippen LogP contribution is 2.47. The summed E-state index contributed by atoms with van der Waals surface area (Å²) in [4.78, 5) is 41.9. The van der Waals surface area contributed by atoms with Gasteiger partial charge in [0.2, 0.25) is 11.8 Å². The third-order valence-electron chi connectivity index (χ3n) is 4.64. The number of hydrogen-bond acceptors (Lipinski definition) is 8. The van der Waals surface area contributed by atoms with Gasteiger partial charge < -0.3 is 20.3 Å². The van der Waals surface area contributed by atoms with Gasteiger partial charge in [0.05, 0.1) is 6.04 Å². The van der Waals surface area contributed by atoms with Crippen molar-refractivity contribution in [1.82, 2.24) is 20.2 Å². The SMILES string of the molecule is O=C(O)C(F)(F)F.O=C(O)OC1=C(CSc2ncccn2)C2CCN[C@@H]3C(=O)N1[C@H]23. The van der Waals surface area contributed by atoms with Gasteiger partial charge in [-0.15, -0.1) is 0 Å². The fourth-order valence-corrected chi connectivity index (χ4v) is 4.39. The standard InChI is InChI=1S/C14H14N4O4S.C2HF3O2/c19-11-9-10-7(2-5-15-9)8(12(18(10)11)22-14(20)21)6-23-13-16-3-1-4-17-13;3-2(4,5)1(6)7/h1,3-4,7,9-10,15H,2,5-6H2,(H,20,21);(H,6,7)/t7?,9-,10+;/m0./s1. The molecule has 0 aliphatic carbocycles. The zero-order valence-corrected chi connectivity index (χ0v) is 15.8. The number of carbonyl (C=O) groups excluding carboxylic acids is 1. The van der Waals surface area contributed by atoms with Crippen LogP contribution in [0.2, 0.25) is 0 Å². The number of β-lactam (4-membered cyclic amide) rings is 1. The molecule has 0 bridgehead atoms. The lowest BCUT2D eigenvalue weighted by atomic mass is 9.80. The minimum Gasteiger partial charge on any atom is -0.475 e. The molecule has 0 aromatic carbocycles. The first-order chi connectivity index (χ1) is 14.1. The lowest BCUT2D eigenvalue weighted by molar-refractivity contribution is -0.192. The fraction of sp³-hybridized carbons (Fsp3) is 0.438. The van der Waals surface area contributed by atoms with E-state index in [0.29, 0.717) is 10.9 Å². The van der Waals surface area contributed by atoms with E-state index in [4.69, 9.17) is 19.7 Å². The molecular formula is C16H15F3N4O6S. The second-order valence-electron chi connectivity index (χ2n) is 6.35. The first-order valence-electron chi connectivity index (χ1n) is 8.51. The average molecular weight is 448 g/mol. The highest BCUT2D eigenvalue weighted by molar-refractivity contribution is 7.99. The number of nitrogens with zero attached hydrogens (tertiary/aromatic N) is 3. The molecule has 3 aliphatic heterocycles. The number of nitrogens with one attached hydrogen (secondary N) is 1. The van der Waals surface area contributed by atoms with Crippen molar-refractivity contribution in [3.63, 3.8) is 0 Å². The summed E-state index contributed by atoms with van der Waals surface area (Å²) in [7, 11) is 0. The van der Waals surface area contributed by atoms with Crippen LogP contribution in [0.4, 0.5) is 18.0 Å². The van der Waals surface area contributed by atoms with Crippen LogP contribution in [0.1, 0.15) is 6.42 Å². The molecule has 3 N–H and O–H groups in total. The molecule has 162 valence electrons. The van der Waals surface area contributed by atoms with E-state index in [1.165, 1.54) is 16.7 Å². The molecule has 3 aliphatic rings. The summed E-state index contributed by atoms with van der Waals surface area (Å²) in [6.07, 6.45) is -2.32. The highest BCUT2D eigenvalue weighted by atomic mass is 32.2. The summed E-state index contributed by atoms with van der Waals surface area (Å²) < 4.78 is 36.7. The van der Waals surface area contributed by atoms with Gasteiger partial charge >= 0.3 is 18.3 Å². The number of aliphatic carboxylic acids is 1. The van der Waals surface area contributed by atoms with E-state index in [1.807, 2.05) is 0 Å². The number of rotatable bonds is 4. The summed E-state index contributed by atoms with van der Waals surface area (Å²) in [5, 5.41) is 19.9. The van der Waals surface area contributed by atoms with E-state index in [0.717, 1.165) is 18.5 Å². The molecule has 1 amide bonds. The van der Waals surface area contributed by atoms with E-state index in [1.54, 1.807) is 18.5 Å². The van der Waals surface area contributed by atoms with Gasteiger partial charge in [-0.3, -0.25) is 9.69 Å². The van der Waals surface area contributed by atoms with Gasteiger partial charge in [-0.2, -0.15) is 13.2 Å². The summed E-state index contributed by atoms with van der Waals surface area (Å²) in [6, 6.07) is 1.48. The monoisotopic (exact) mass is 448 g/mol. The lowest BCUT2D eigenvalue weighted by Gasteiger charge is -2.48. The van der Waals surface area contributed by atoms with Crippen LogP contribution >= 0.6 is 11.8 Å². The van der Waals surface area contributed by atoms with Crippen molar-refractivity contribution >= 4 is 29.8 Å². The van der Waals surface area contributed by atoms with Crippen LogP contribution in [0, 0.1) is 5.92 Å². The molecule has 30 heavy (non-hydrogen) atoms. The molecule has 2 saturated heterocycles. The van der Waals surface area contributed by atoms with Gasteiger partial charge in [0.15, 0.2) is 5.16 Å². The Bertz CT molecular complexity index is 881. The number of ether oxygens (including phenoxy) is 1. The van der Waals surface area contributed by atoms with Crippen LogP contribution in [-0.4, -0.2) is 73.7 Å². The smallest absolute Gasteiger partial charge is 0.475 e. The third-order valence-corrected chi connectivity index (χ3v) is 5.57. The number of aromatic nitrogens is 2. The summed E-state index contributed by atoms with van der Waals surface area (Å²) in [6.45, 7) is 0.738. The van der Waals surface area contributed by atoms with Crippen molar-refractivity contribution < 1.29 is 42.5 Å². The predicted molar refractivity (Wildman–Crippen MR) is 93.1 cm³/mol. The lowest BCUT2D eigenvalue weighted by Crippen LogP contribution is -2.71. The Hall–Kier alpha value is -2.87. The Morgan fingerprint density at radius 1 is 1.30 bits per heavy atom. The van der Waals surface area contributed by atoms with Crippen LogP contribution in [-0.2, 0) is 14.3 Å². The number of carbonyl (C=O) groups is 3. The number of carboxylic acids is 1. The number of alkyl halides is 3. The van der Waals surface area contributed by atoms with Gasteiger partial charge in [0.1, 0.15) is 6.04 Å². The molecule has 0 radical (unpaired) electrons. The van der Waals surface area contributed by atoms with Crippen molar-refractivity contribution in [2.24, 2.45) is 5.92 Å². The molecule has 0 spiro atoms. The van der Waals surface area contributed by atoms with Crippen LogP contribution in [0.5, 0.6) is 0 Å². The minimum atomic E-state index is -5.08. The molecule has 4 rings (SSSR count). The molecule has 14 heteroatoms. The highest BCUT2D eigenvalue weighted by Gasteiger charge is 2.60. The van der Waals surface area contributed by atoms with E-state index in [2.05, 4.69) is 15.3 Å². The van der Waals surface area contributed by atoms with Crippen LogP contribution in [0.3, 0.4) is 0 Å². The Balaban J connectivity index is 0.000000318. The Morgan fingerprint density at radius 2 is 1.93 bits per heavy atom. The largest absolute Gasteiger partial charge is 0.512 e. The fourth-order valence-electron chi connectivity index (χ4n) is 3.49. The maximum absolute atomic E-state index is 12.2. The quantitative estimate of drug-likeness (QED) is 0.267. The summed E-state index contributed by atoms with van der Waals surface area (Å²) in [5.41, 5.74) is 0.854. The second kappa shape index (κ2) is 8.47. The van der Waals surface area contributed by atoms with Crippen LogP contribution < -0.4 is 5.32 Å². The van der Waals surface area contributed by atoms with Crippen LogP contribution in [0.25, 0.3) is 0 Å². The van der Waals surface area contributed by atoms with E-state index in [9.17, 15) is 22.8 Å². The van der Waals surface area contributed by atoms with Gasteiger partial charge in [0.25, 0.3) is 0 Å². The first-order valence-corrected chi connectivity index (χ1v) is 9.50. The van der Waals surface area contributed by atoms with Gasteiger partial charge in [-0.05, 0) is 19.0 Å². The zero-order valence-electron chi connectivity index (χ0n) is 15.0. The number of piperidine rings is 1. The predicted octanol–water partition coefficient (Wildman–Crippen LogP) is 1.31. The van der Waals surface area contributed by atoms with Crippen molar-refractivity contribution in [2.75, 3.05) is 12.3 Å². The average Bonchev–Trinajstić information content (AvgIpc) is 2.97. The van der Waals surface area contributed by atoms with Crippen molar-refractivity contribution in [3.8, 4) is 0 Å². The van der Waals surface area contributed by atoms with Crippen LogP contribution in [0.15, 0.2) is 35.1 Å². The molecule has 4 heterocycles. The van der Waals surface area contributed by atoms with Crippen molar-refractivity contribution in [3.05, 3.63) is 29.9 Å². The summed E-state index contributed by atoms with van der Waals surface area (Å²) >= 11 is 1.41. The number of hydrogen-bond donors (Lipinski definition) is 3. The molecule has 3 atom stereocenters. The maximum Gasteiger partial charge on any atom is 0.512 e. The van der Waals surface area contributed by atoms with Gasteiger partial charge in [-0.25, -0.2) is 19.6 Å². The molecule has 0 saturated carbocycles. The number of amides is 1. The molecule has 1 aromatic heterocycles. The third kappa shape index (κ3) is 4.33. The van der Waals surface area contributed by atoms with Gasteiger partial charge in [0, 0.05) is 29.6 Å². The van der Waals surface area contributed by atoms with E-state index in [-0.39, 0.29) is 29.8 Å². The number of carboxylic acid groups (broad SMARTS) is 2. The molecule has 2 fully saturated rings. The topological polar surface area (TPSA) is 142 Å². The molecule has 1 unspecified atom stereocenters.